The predicted octanol–water partition coefficient (Wildman–Crippen LogP) is 1.41. The molecule has 0 aromatic carbocycles. The fourth-order valence-corrected chi connectivity index (χ4v) is 2.50. The lowest BCUT2D eigenvalue weighted by Crippen LogP contribution is -2.34. The lowest BCUT2D eigenvalue weighted by atomic mass is 9.99. The van der Waals surface area contributed by atoms with E-state index >= 15 is 0 Å². The number of amides is 1. The van der Waals surface area contributed by atoms with Gasteiger partial charge in [-0.05, 0) is 18.4 Å². The van der Waals surface area contributed by atoms with Crippen LogP contribution in [0.15, 0.2) is 30.9 Å². The topological polar surface area (TPSA) is 59.8 Å². The molecule has 1 atom stereocenters. The van der Waals surface area contributed by atoms with Gasteiger partial charge in [-0.15, -0.1) is 0 Å². The van der Waals surface area contributed by atoms with Crippen LogP contribution < -0.4 is 5.32 Å². The van der Waals surface area contributed by atoms with Crippen molar-refractivity contribution < 1.29 is 9.18 Å². The van der Waals surface area contributed by atoms with Crippen LogP contribution in [0.3, 0.4) is 0 Å². The third-order valence-electron chi connectivity index (χ3n) is 3.60. The molecule has 1 unspecified atom stereocenters. The molecular weight excluding hydrogens is 259 g/mol. The molecule has 6 heteroatoms. The molecule has 1 aliphatic heterocycles. The minimum Gasteiger partial charge on any atom is -0.352 e. The minimum atomic E-state index is -0.592. The number of nitrogens with zero attached hydrogens (tertiary/aromatic N) is 3. The van der Waals surface area contributed by atoms with Crippen molar-refractivity contribution in [3.63, 3.8) is 0 Å². The smallest absolute Gasteiger partial charge is 0.254 e. The van der Waals surface area contributed by atoms with Crippen LogP contribution in [0.4, 0.5) is 4.39 Å². The third-order valence-corrected chi connectivity index (χ3v) is 3.60. The van der Waals surface area contributed by atoms with E-state index in [1.165, 1.54) is 12.3 Å². The number of hydrogen-bond acceptors (Lipinski definition) is 3. The highest BCUT2D eigenvalue weighted by atomic mass is 19.1. The average Bonchev–Trinajstić information content (AvgIpc) is 2.92. The molecule has 3 rings (SSSR count). The first-order chi connectivity index (χ1) is 9.74. The number of aromatic nitrogens is 3. The first kappa shape index (κ1) is 12.8. The molecule has 20 heavy (non-hydrogen) atoms. The van der Waals surface area contributed by atoms with Crippen LogP contribution >= 0.6 is 0 Å². The molecule has 0 spiro atoms. The van der Waals surface area contributed by atoms with Crippen LogP contribution in [0.5, 0.6) is 0 Å². The second-order valence-electron chi connectivity index (χ2n) is 4.97. The van der Waals surface area contributed by atoms with E-state index in [1.807, 2.05) is 6.20 Å². The van der Waals surface area contributed by atoms with Crippen LogP contribution in [-0.4, -0.2) is 27.0 Å². The van der Waals surface area contributed by atoms with Gasteiger partial charge in [0.1, 0.15) is 5.82 Å². The summed E-state index contributed by atoms with van der Waals surface area (Å²) in [5.41, 5.74) is 0.0409. The molecule has 0 bridgehead atoms. The summed E-state index contributed by atoms with van der Waals surface area (Å²) >= 11 is 0. The summed E-state index contributed by atoms with van der Waals surface area (Å²) in [6.07, 6.45) is 8.10. The van der Waals surface area contributed by atoms with E-state index in [2.05, 4.69) is 19.9 Å². The zero-order valence-corrected chi connectivity index (χ0v) is 10.9. The second-order valence-corrected chi connectivity index (χ2v) is 4.97. The van der Waals surface area contributed by atoms with Gasteiger partial charge in [-0.2, -0.15) is 0 Å². The van der Waals surface area contributed by atoms with Crippen molar-refractivity contribution in [2.45, 2.75) is 19.4 Å². The van der Waals surface area contributed by atoms with Gasteiger partial charge in [0.05, 0.1) is 11.8 Å². The Hall–Kier alpha value is -2.24. The quantitative estimate of drug-likeness (QED) is 0.920. The highest BCUT2D eigenvalue weighted by Crippen LogP contribution is 2.18. The molecule has 2 aromatic rings. The Morgan fingerprint density at radius 1 is 1.50 bits per heavy atom. The maximum atomic E-state index is 13.4. The number of nitrogens with one attached hydrogen (secondary N) is 1. The van der Waals surface area contributed by atoms with E-state index < -0.39 is 5.82 Å². The highest BCUT2D eigenvalue weighted by Gasteiger charge is 2.20. The summed E-state index contributed by atoms with van der Waals surface area (Å²) in [5, 5.41) is 2.79. The summed E-state index contributed by atoms with van der Waals surface area (Å²) in [4.78, 5) is 19.8. The van der Waals surface area contributed by atoms with Gasteiger partial charge in [-0.25, -0.2) is 9.37 Å². The lowest BCUT2D eigenvalue weighted by molar-refractivity contribution is 0.0939. The zero-order valence-electron chi connectivity index (χ0n) is 10.9. The third kappa shape index (κ3) is 2.54. The summed E-state index contributed by atoms with van der Waals surface area (Å²) in [6, 6.07) is 1.39. The van der Waals surface area contributed by atoms with Crippen LogP contribution in [0, 0.1) is 11.7 Å². The summed E-state index contributed by atoms with van der Waals surface area (Å²) in [6.45, 7) is 1.38. The van der Waals surface area contributed by atoms with Gasteiger partial charge in [-0.3, -0.25) is 9.78 Å². The number of aryl methyl sites for hydroxylation is 1. The Kier molecular flexibility index (Phi) is 3.45. The number of carbonyl (C=O) groups excluding carboxylic acids is 1. The normalized spacial score (nSPS) is 17.6. The maximum absolute atomic E-state index is 13.4. The van der Waals surface area contributed by atoms with Crippen molar-refractivity contribution in [2.75, 3.05) is 6.54 Å². The number of halogens is 1. The molecule has 0 radical (unpaired) electrons. The Bertz CT molecular complexity index is 625. The van der Waals surface area contributed by atoms with Crippen molar-refractivity contribution in [2.24, 2.45) is 5.92 Å². The fraction of sp³-hybridized carbons (Fsp3) is 0.357. The number of fused-ring (bicyclic) bond motifs is 1. The first-order valence-electron chi connectivity index (χ1n) is 6.62. The van der Waals surface area contributed by atoms with E-state index in [-0.39, 0.29) is 11.5 Å². The fourth-order valence-electron chi connectivity index (χ4n) is 2.50. The molecular formula is C14H15FN4O. The zero-order chi connectivity index (χ0) is 13.9. The van der Waals surface area contributed by atoms with E-state index in [0.29, 0.717) is 12.5 Å². The van der Waals surface area contributed by atoms with E-state index in [0.717, 1.165) is 31.4 Å². The average molecular weight is 274 g/mol. The molecule has 1 amide bonds. The van der Waals surface area contributed by atoms with Crippen molar-refractivity contribution in [3.05, 3.63) is 48.1 Å². The van der Waals surface area contributed by atoms with Gasteiger partial charge in [0.25, 0.3) is 5.91 Å². The molecule has 0 aliphatic carbocycles. The summed E-state index contributed by atoms with van der Waals surface area (Å²) in [7, 11) is 0. The van der Waals surface area contributed by atoms with Crippen molar-refractivity contribution >= 4 is 5.91 Å². The largest absolute Gasteiger partial charge is 0.352 e. The second kappa shape index (κ2) is 5.40. The van der Waals surface area contributed by atoms with Crippen LogP contribution in [0.1, 0.15) is 22.6 Å². The molecule has 2 aromatic heterocycles. The van der Waals surface area contributed by atoms with Gasteiger partial charge in [0.15, 0.2) is 5.82 Å². The van der Waals surface area contributed by atoms with Gasteiger partial charge < -0.3 is 9.88 Å². The molecule has 3 heterocycles. The van der Waals surface area contributed by atoms with E-state index in [1.54, 1.807) is 6.20 Å². The standard InChI is InChI=1S/C14H15FN4O/c15-12-8-16-4-3-11(12)14(20)18-7-10-1-2-13-17-5-6-19(13)9-10/h3-6,8,10H,1-2,7,9H2,(H,18,20). The predicted molar refractivity (Wildman–Crippen MR) is 70.6 cm³/mol. The first-order valence-corrected chi connectivity index (χ1v) is 6.62. The Morgan fingerprint density at radius 2 is 2.40 bits per heavy atom. The summed E-state index contributed by atoms with van der Waals surface area (Å²) in [5.74, 6) is 0.463. The Balaban J connectivity index is 1.58. The van der Waals surface area contributed by atoms with Crippen LogP contribution in [0.25, 0.3) is 0 Å². The SMILES string of the molecule is O=C(NCC1CCc2nccn2C1)c1ccncc1F. The van der Waals surface area contributed by atoms with Gasteiger partial charge in [0.2, 0.25) is 0 Å². The lowest BCUT2D eigenvalue weighted by Gasteiger charge is -2.23. The van der Waals surface area contributed by atoms with E-state index in [9.17, 15) is 9.18 Å². The molecule has 0 fully saturated rings. The van der Waals surface area contributed by atoms with Crippen molar-refractivity contribution in [3.8, 4) is 0 Å². The molecule has 0 saturated heterocycles. The molecule has 104 valence electrons. The van der Waals surface area contributed by atoms with Gasteiger partial charge in [-0.1, -0.05) is 0 Å². The number of rotatable bonds is 3. The Morgan fingerprint density at radius 3 is 3.25 bits per heavy atom. The summed E-state index contributed by atoms with van der Waals surface area (Å²) < 4.78 is 15.5. The van der Waals surface area contributed by atoms with Gasteiger partial charge >= 0.3 is 0 Å². The molecule has 5 nitrogen and oxygen atoms in total. The van der Waals surface area contributed by atoms with E-state index in [4.69, 9.17) is 0 Å². The van der Waals surface area contributed by atoms with Crippen molar-refractivity contribution in [1.29, 1.82) is 0 Å². The maximum Gasteiger partial charge on any atom is 0.254 e. The number of carbonyl (C=O) groups is 1. The molecule has 1 N–H and O–H groups in total. The number of pyridine rings is 1. The number of hydrogen-bond donors (Lipinski definition) is 1. The Labute approximate surface area is 115 Å². The molecule has 0 saturated carbocycles. The molecule has 1 aliphatic rings. The van der Waals surface area contributed by atoms with Crippen LogP contribution in [0.2, 0.25) is 0 Å². The number of imidazole rings is 1. The van der Waals surface area contributed by atoms with Crippen LogP contribution in [-0.2, 0) is 13.0 Å². The van der Waals surface area contributed by atoms with Gasteiger partial charge in [0, 0.05) is 38.1 Å². The monoisotopic (exact) mass is 274 g/mol. The van der Waals surface area contributed by atoms with Crippen molar-refractivity contribution in [1.82, 2.24) is 19.9 Å². The minimum absolute atomic E-state index is 0.0409. The highest BCUT2D eigenvalue weighted by molar-refractivity contribution is 5.94.